The minimum atomic E-state index is -0.251. The first kappa shape index (κ1) is 8.97. The van der Waals surface area contributed by atoms with Gasteiger partial charge in [0.05, 0.1) is 5.56 Å². The summed E-state index contributed by atoms with van der Waals surface area (Å²) >= 11 is 0. The molecule has 0 saturated heterocycles. The minimum Gasteiger partial charge on any atom is -0.457 e. The Morgan fingerprint density at radius 2 is 2.36 bits per heavy atom. The zero-order valence-corrected chi connectivity index (χ0v) is 7.69. The Morgan fingerprint density at radius 1 is 1.57 bits per heavy atom. The SMILES string of the molecule is C=C[C@H](N)c1ccc2c(c1)COC2=O. The van der Waals surface area contributed by atoms with Crippen molar-refractivity contribution in [3.8, 4) is 0 Å². The van der Waals surface area contributed by atoms with Crippen molar-refractivity contribution < 1.29 is 9.53 Å². The Kier molecular flexibility index (Phi) is 2.09. The summed E-state index contributed by atoms with van der Waals surface area (Å²) < 4.78 is 4.89. The molecule has 1 atom stereocenters. The molecule has 3 heteroatoms. The number of cyclic esters (lactones) is 1. The summed E-state index contributed by atoms with van der Waals surface area (Å²) in [5, 5.41) is 0. The summed E-state index contributed by atoms with van der Waals surface area (Å²) in [6, 6.07) is 5.30. The van der Waals surface area contributed by atoms with E-state index in [-0.39, 0.29) is 12.0 Å². The van der Waals surface area contributed by atoms with Crippen LogP contribution in [0.1, 0.15) is 27.5 Å². The van der Waals surface area contributed by atoms with E-state index >= 15 is 0 Å². The molecule has 14 heavy (non-hydrogen) atoms. The van der Waals surface area contributed by atoms with E-state index in [0.29, 0.717) is 12.2 Å². The lowest BCUT2D eigenvalue weighted by Gasteiger charge is -2.06. The Morgan fingerprint density at radius 3 is 3.07 bits per heavy atom. The molecule has 1 aromatic carbocycles. The van der Waals surface area contributed by atoms with Gasteiger partial charge in [-0.05, 0) is 17.7 Å². The first-order valence-corrected chi connectivity index (χ1v) is 4.40. The number of hydrogen-bond donors (Lipinski definition) is 1. The normalized spacial score (nSPS) is 15.9. The maximum absolute atomic E-state index is 11.1. The van der Waals surface area contributed by atoms with Crippen molar-refractivity contribution in [1.82, 2.24) is 0 Å². The number of ether oxygens (including phenoxy) is 1. The first-order chi connectivity index (χ1) is 6.72. The predicted molar refractivity (Wildman–Crippen MR) is 52.7 cm³/mol. The van der Waals surface area contributed by atoms with Gasteiger partial charge in [-0.15, -0.1) is 6.58 Å². The number of benzene rings is 1. The summed E-state index contributed by atoms with van der Waals surface area (Å²) in [7, 11) is 0. The van der Waals surface area contributed by atoms with Gasteiger partial charge in [-0.1, -0.05) is 12.1 Å². The van der Waals surface area contributed by atoms with Gasteiger partial charge in [-0.2, -0.15) is 0 Å². The van der Waals surface area contributed by atoms with Crippen LogP contribution in [0, 0.1) is 0 Å². The molecule has 0 bridgehead atoms. The molecule has 0 fully saturated rings. The second-order valence-electron chi connectivity index (χ2n) is 3.25. The third kappa shape index (κ3) is 1.32. The van der Waals surface area contributed by atoms with Crippen molar-refractivity contribution in [2.75, 3.05) is 0 Å². The number of rotatable bonds is 2. The van der Waals surface area contributed by atoms with E-state index in [1.54, 1.807) is 12.1 Å². The van der Waals surface area contributed by atoms with Crippen LogP contribution in [0.2, 0.25) is 0 Å². The zero-order chi connectivity index (χ0) is 10.1. The molecule has 2 rings (SSSR count). The van der Waals surface area contributed by atoms with Gasteiger partial charge in [0.25, 0.3) is 0 Å². The molecule has 0 aliphatic carbocycles. The molecule has 1 aliphatic heterocycles. The summed E-state index contributed by atoms with van der Waals surface area (Å²) in [4.78, 5) is 11.1. The van der Waals surface area contributed by atoms with Gasteiger partial charge < -0.3 is 10.5 Å². The Labute approximate surface area is 82.2 Å². The van der Waals surface area contributed by atoms with Crippen molar-refractivity contribution in [3.63, 3.8) is 0 Å². The molecule has 0 unspecified atom stereocenters. The average Bonchev–Trinajstić information content (AvgIpc) is 2.59. The van der Waals surface area contributed by atoms with Gasteiger partial charge in [-0.3, -0.25) is 0 Å². The third-order valence-electron chi connectivity index (χ3n) is 2.35. The van der Waals surface area contributed by atoms with Gasteiger partial charge in [0.1, 0.15) is 6.61 Å². The number of carbonyl (C=O) groups is 1. The second-order valence-corrected chi connectivity index (χ2v) is 3.25. The number of hydrogen-bond acceptors (Lipinski definition) is 3. The molecular formula is C11H11NO2. The molecule has 1 aliphatic rings. The topological polar surface area (TPSA) is 52.3 Å². The van der Waals surface area contributed by atoms with Crippen molar-refractivity contribution >= 4 is 5.97 Å². The monoisotopic (exact) mass is 189 g/mol. The van der Waals surface area contributed by atoms with Crippen LogP contribution in [0.4, 0.5) is 0 Å². The van der Waals surface area contributed by atoms with Crippen molar-refractivity contribution in [2.24, 2.45) is 5.73 Å². The van der Waals surface area contributed by atoms with Gasteiger partial charge in [0.15, 0.2) is 0 Å². The highest BCUT2D eigenvalue weighted by molar-refractivity contribution is 5.93. The minimum absolute atomic E-state index is 0.184. The van der Waals surface area contributed by atoms with E-state index in [1.807, 2.05) is 12.1 Å². The maximum atomic E-state index is 11.1. The van der Waals surface area contributed by atoms with Crippen molar-refractivity contribution in [3.05, 3.63) is 47.5 Å². The van der Waals surface area contributed by atoms with E-state index < -0.39 is 0 Å². The Hall–Kier alpha value is -1.61. The van der Waals surface area contributed by atoms with Crippen LogP contribution in [-0.2, 0) is 11.3 Å². The van der Waals surface area contributed by atoms with E-state index in [0.717, 1.165) is 11.1 Å². The number of carbonyl (C=O) groups excluding carboxylic acids is 1. The number of fused-ring (bicyclic) bond motifs is 1. The highest BCUT2D eigenvalue weighted by Gasteiger charge is 2.21. The first-order valence-electron chi connectivity index (χ1n) is 4.40. The third-order valence-corrected chi connectivity index (χ3v) is 2.35. The fraction of sp³-hybridized carbons (Fsp3) is 0.182. The zero-order valence-electron chi connectivity index (χ0n) is 7.69. The predicted octanol–water partition coefficient (Wildman–Crippen LogP) is 1.54. The highest BCUT2D eigenvalue weighted by Crippen LogP contribution is 2.23. The largest absolute Gasteiger partial charge is 0.457 e. The van der Waals surface area contributed by atoms with Gasteiger partial charge in [-0.25, -0.2) is 4.79 Å². The van der Waals surface area contributed by atoms with Gasteiger partial charge in [0.2, 0.25) is 0 Å². The van der Waals surface area contributed by atoms with Crippen LogP contribution >= 0.6 is 0 Å². The summed E-state index contributed by atoms with van der Waals surface area (Å²) in [5.41, 5.74) is 8.29. The summed E-state index contributed by atoms with van der Waals surface area (Å²) in [6.45, 7) is 3.98. The van der Waals surface area contributed by atoms with Crippen molar-refractivity contribution in [1.29, 1.82) is 0 Å². The van der Waals surface area contributed by atoms with E-state index in [9.17, 15) is 4.79 Å². The quantitative estimate of drug-likeness (QED) is 0.567. The molecular weight excluding hydrogens is 178 g/mol. The molecule has 1 heterocycles. The maximum Gasteiger partial charge on any atom is 0.338 e. The number of nitrogens with two attached hydrogens (primary N) is 1. The van der Waals surface area contributed by atoms with Gasteiger partial charge >= 0.3 is 5.97 Å². The lowest BCUT2D eigenvalue weighted by atomic mass is 10.0. The van der Waals surface area contributed by atoms with E-state index in [4.69, 9.17) is 10.5 Å². The molecule has 3 nitrogen and oxygen atoms in total. The Balaban J connectivity index is 2.41. The molecule has 1 aromatic rings. The lowest BCUT2D eigenvalue weighted by Crippen LogP contribution is -2.07. The van der Waals surface area contributed by atoms with Crippen molar-refractivity contribution in [2.45, 2.75) is 12.6 Å². The smallest absolute Gasteiger partial charge is 0.338 e. The van der Waals surface area contributed by atoms with Crippen LogP contribution < -0.4 is 5.73 Å². The molecule has 0 amide bonds. The molecule has 0 saturated carbocycles. The van der Waals surface area contributed by atoms with E-state index in [2.05, 4.69) is 6.58 Å². The highest BCUT2D eigenvalue weighted by atomic mass is 16.5. The van der Waals surface area contributed by atoms with Crippen LogP contribution in [0.3, 0.4) is 0 Å². The molecule has 0 aromatic heterocycles. The second kappa shape index (κ2) is 3.27. The van der Waals surface area contributed by atoms with Crippen LogP contribution in [0.25, 0.3) is 0 Å². The lowest BCUT2D eigenvalue weighted by molar-refractivity contribution is 0.0535. The standard InChI is InChI=1S/C11H11NO2/c1-2-10(12)7-3-4-9-8(5-7)6-14-11(9)13/h2-5,10H,1,6,12H2/t10-/m0/s1. The molecule has 0 spiro atoms. The summed E-state index contributed by atoms with van der Waals surface area (Å²) in [5.74, 6) is -0.251. The van der Waals surface area contributed by atoms with Crippen LogP contribution in [0.5, 0.6) is 0 Å². The van der Waals surface area contributed by atoms with E-state index in [1.165, 1.54) is 0 Å². The molecule has 0 radical (unpaired) electrons. The van der Waals surface area contributed by atoms with Gasteiger partial charge in [0, 0.05) is 11.6 Å². The Bertz CT molecular complexity index is 398. The average molecular weight is 189 g/mol. The fourth-order valence-electron chi connectivity index (χ4n) is 1.50. The van der Waals surface area contributed by atoms with Crippen LogP contribution in [0.15, 0.2) is 30.9 Å². The fourth-order valence-corrected chi connectivity index (χ4v) is 1.50. The molecule has 72 valence electrons. The van der Waals surface area contributed by atoms with Crippen LogP contribution in [-0.4, -0.2) is 5.97 Å². The molecule has 2 N–H and O–H groups in total. The number of esters is 1. The summed E-state index contributed by atoms with van der Waals surface area (Å²) in [6.07, 6.45) is 1.67.